The monoisotopic (exact) mass is 342 g/mol. The van der Waals surface area contributed by atoms with Crippen molar-refractivity contribution in [3.8, 4) is 0 Å². The zero-order chi connectivity index (χ0) is 14.5. The molecule has 0 radical (unpaired) electrons. The van der Waals surface area contributed by atoms with E-state index in [0.717, 1.165) is 4.47 Å². The molecule has 0 aliphatic carbocycles. The first-order valence-electron chi connectivity index (χ1n) is 5.84. The van der Waals surface area contributed by atoms with E-state index in [1.54, 1.807) is 12.1 Å². The molecule has 0 spiro atoms. The maximum Gasteiger partial charge on any atom is 0.358 e. The molecule has 1 heterocycles. The molecule has 0 atom stereocenters. The van der Waals surface area contributed by atoms with Crippen molar-refractivity contribution >= 4 is 21.9 Å². The zero-order valence-corrected chi connectivity index (χ0v) is 12.0. The zero-order valence-electron chi connectivity index (χ0n) is 10.4. The van der Waals surface area contributed by atoms with Crippen LogP contribution in [0, 0.1) is 5.82 Å². The molecule has 0 saturated carbocycles. The van der Waals surface area contributed by atoms with Gasteiger partial charge in [-0.2, -0.15) is 0 Å². The fourth-order valence-electron chi connectivity index (χ4n) is 1.60. The van der Waals surface area contributed by atoms with Crippen molar-refractivity contribution in [2.75, 3.05) is 6.54 Å². The predicted molar refractivity (Wildman–Crippen MR) is 72.8 cm³/mol. The molecular formula is C12H12BrFN4O2. The van der Waals surface area contributed by atoms with Crippen LogP contribution in [0.3, 0.4) is 0 Å². The Morgan fingerprint density at radius 1 is 1.50 bits per heavy atom. The molecule has 1 aromatic carbocycles. The number of aromatic nitrogens is 3. The van der Waals surface area contributed by atoms with E-state index in [0.29, 0.717) is 25.2 Å². The van der Waals surface area contributed by atoms with Crippen LogP contribution in [0.4, 0.5) is 4.39 Å². The highest BCUT2D eigenvalue weighted by molar-refractivity contribution is 9.10. The van der Waals surface area contributed by atoms with Crippen LogP contribution in [-0.4, -0.2) is 32.6 Å². The van der Waals surface area contributed by atoms with Crippen molar-refractivity contribution in [3.63, 3.8) is 0 Å². The van der Waals surface area contributed by atoms with Gasteiger partial charge in [0.2, 0.25) is 0 Å². The molecule has 0 amide bonds. The number of hydrogen-bond donors (Lipinski definition) is 2. The van der Waals surface area contributed by atoms with Gasteiger partial charge in [0, 0.05) is 23.1 Å². The van der Waals surface area contributed by atoms with Crippen LogP contribution in [-0.2, 0) is 13.1 Å². The number of carbonyl (C=O) groups is 1. The summed E-state index contributed by atoms with van der Waals surface area (Å²) < 4.78 is 15.7. The molecule has 8 heteroatoms. The van der Waals surface area contributed by atoms with Crippen LogP contribution in [0.5, 0.6) is 0 Å². The molecule has 0 aliphatic rings. The Labute approximate surface area is 122 Å². The van der Waals surface area contributed by atoms with Crippen molar-refractivity contribution in [2.24, 2.45) is 0 Å². The summed E-state index contributed by atoms with van der Waals surface area (Å²) in [4.78, 5) is 10.6. The van der Waals surface area contributed by atoms with E-state index >= 15 is 0 Å². The number of benzene rings is 1. The van der Waals surface area contributed by atoms with E-state index in [2.05, 4.69) is 31.6 Å². The Bertz CT molecular complexity index is 617. The Morgan fingerprint density at radius 3 is 3.00 bits per heavy atom. The average molecular weight is 343 g/mol. The minimum absolute atomic E-state index is 0.0944. The van der Waals surface area contributed by atoms with Gasteiger partial charge in [0.1, 0.15) is 5.82 Å². The molecule has 0 saturated heterocycles. The second-order valence-electron chi connectivity index (χ2n) is 4.08. The Hall–Kier alpha value is -1.80. The minimum atomic E-state index is -1.11. The molecule has 0 fully saturated rings. The predicted octanol–water partition coefficient (Wildman–Crippen LogP) is 1.67. The van der Waals surface area contributed by atoms with E-state index in [-0.39, 0.29) is 11.5 Å². The van der Waals surface area contributed by atoms with Gasteiger partial charge < -0.3 is 10.4 Å². The molecule has 20 heavy (non-hydrogen) atoms. The molecular weight excluding hydrogens is 331 g/mol. The van der Waals surface area contributed by atoms with Gasteiger partial charge >= 0.3 is 5.97 Å². The number of carboxylic acid groups (broad SMARTS) is 1. The fourth-order valence-corrected chi connectivity index (χ4v) is 2.01. The Morgan fingerprint density at radius 2 is 2.30 bits per heavy atom. The van der Waals surface area contributed by atoms with Crippen LogP contribution in [0.15, 0.2) is 28.9 Å². The first-order chi connectivity index (χ1) is 9.56. The number of carboxylic acids is 1. The summed E-state index contributed by atoms with van der Waals surface area (Å²) in [7, 11) is 0. The highest BCUT2D eigenvalue weighted by atomic mass is 79.9. The maximum absolute atomic E-state index is 13.5. The summed E-state index contributed by atoms with van der Waals surface area (Å²) in [5.74, 6) is -1.38. The Kier molecular flexibility index (Phi) is 4.80. The van der Waals surface area contributed by atoms with Crippen LogP contribution in [0.2, 0.25) is 0 Å². The van der Waals surface area contributed by atoms with Gasteiger partial charge in [0.05, 0.1) is 12.7 Å². The molecule has 1 aromatic heterocycles. The van der Waals surface area contributed by atoms with Gasteiger partial charge in [-0.3, -0.25) is 4.68 Å². The molecule has 2 rings (SSSR count). The van der Waals surface area contributed by atoms with E-state index in [1.165, 1.54) is 16.9 Å². The molecule has 2 aromatic rings. The van der Waals surface area contributed by atoms with Crippen LogP contribution >= 0.6 is 15.9 Å². The van der Waals surface area contributed by atoms with Gasteiger partial charge in [-0.25, -0.2) is 9.18 Å². The number of aromatic carboxylic acids is 1. The molecule has 2 N–H and O–H groups in total. The highest BCUT2D eigenvalue weighted by Crippen LogP contribution is 2.15. The lowest BCUT2D eigenvalue weighted by atomic mass is 10.2. The summed E-state index contributed by atoms with van der Waals surface area (Å²) in [5, 5.41) is 18.9. The van der Waals surface area contributed by atoms with Crippen LogP contribution < -0.4 is 5.32 Å². The van der Waals surface area contributed by atoms with Crippen molar-refractivity contribution < 1.29 is 14.3 Å². The number of nitrogens with one attached hydrogen (secondary N) is 1. The Balaban J connectivity index is 1.81. The largest absolute Gasteiger partial charge is 0.476 e. The second-order valence-corrected chi connectivity index (χ2v) is 5.00. The third kappa shape index (κ3) is 3.84. The number of halogens is 2. The molecule has 106 valence electrons. The first kappa shape index (κ1) is 14.6. The van der Waals surface area contributed by atoms with Crippen molar-refractivity contribution in [2.45, 2.75) is 13.1 Å². The van der Waals surface area contributed by atoms with E-state index in [4.69, 9.17) is 5.11 Å². The van der Waals surface area contributed by atoms with Crippen LogP contribution in [0.25, 0.3) is 0 Å². The third-order valence-corrected chi connectivity index (χ3v) is 3.09. The lowest BCUT2D eigenvalue weighted by Crippen LogP contribution is -2.20. The fraction of sp³-hybridized carbons (Fsp3) is 0.250. The number of nitrogens with zero attached hydrogens (tertiary/aromatic N) is 3. The SMILES string of the molecule is O=C(O)c1cn(CCNCc2cc(Br)ccc2F)nn1. The summed E-state index contributed by atoms with van der Waals surface area (Å²) in [6, 6.07) is 4.75. The lowest BCUT2D eigenvalue weighted by molar-refractivity contribution is 0.0690. The number of rotatable bonds is 6. The first-order valence-corrected chi connectivity index (χ1v) is 6.63. The summed E-state index contributed by atoms with van der Waals surface area (Å²) >= 11 is 3.29. The average Bonchev–Trinajstić information content (AvgIpc) is 2.87. The standard InChI is InChI=1S/C12H12BrFN4O2/c13-9-1-2-10(14)8(5-9)6-15-3-4-18-7-11(12(19)20)16-17-18/h1-2,5,7,15H,3-4,6H2,(H,19,20). The number of hydrogen-bond acceptors (Lipinski definition) is 4. The smallest absolute Gasteiger partial charge is 0.358 e. The molecule has 0 aliphatic heterocycles. The van der Waals surface area contributed by atoms with Gasteiger partial charge in [0.15, 0.2) is 5.69 Å². The normalized spacial score (nSPS) is 10.7. The summed E-state index contributed by atoms with van der Waals surface area (Å²) in [5.41, 5.74) is 0.465. The van der Waals surface area contributed by atoms with Gasteiger partial charge in [0.25, 0.3) is 0 Å². The summed E-state index contributed by atoms with van der Waals surface area (Å²) in [6.07, 6.45) is 1.35. The second kappa shape index (κ2) is 6.58. The van der Waals surface area contributed by atoms with E-state index in [9.17, 15) is 9.18 Å². The highest BCUT2D eigenvalue weighted by Gasteiger charge is 2.07. The lowest BCUT2D eigenvalue weighted by Gasteiger charge is -2.06. The maximum atomic E-state index is 13.5. The molecule has 0 bridgehead atoms. The summed E-state index contributed by atoms with van der Waals surface area (Å²) in [6.45, 7) is 1.36. The molecule has 6 nitrogen and oxygen atoms in total. The van der Waals surface area contributed by atoms with Crippen molar-refractivity contribution in [1.82, 2.24) is 20.3 Å². The van der Waals surface area contributed by atoms with Crippen molar-refractivity contribution in [3.05, 3.63) is 45.9 Å². The van der Waals surface area contributed by atoms with Crippen molar-refractivity contribution in [1.29, 1.82) is 0 Å². The topological polar surface area (TPSA) is 80.0 Å². The third-order valence-electron chi connectivity index (χ3n) is 2.60. The van der Waals surface area contributed by atoms with Gasteiger partial charge in [-0.05, 0) is 18.2 Å². The van der Waals surface area contributed by atoms with Gasteiger partial charge in [-0.15, -0.1) is 5.10 Å². The van der Waals surface area contributed by atoms with E-state index in [1.807, 2.05) is 0 Å². The van der Waals surface area contributed by atoms with E-state index < -0.39 is 5.97 Å². The quantitative estimate of drug-likeness (QED) is 0.780. The minimum Gasteiger partial charge on any atom is -0.476 e. The van der Waals surface area contributed by atoms with Gasteiger partial charge in [-0.1, -0.05) is 21.1 Å². The molecule has 0 unspecified atom stereocenters. The van der Waals surface area contributed by atoms with Crippen LogP contribution in [0.1, 0.15) is 16.1 Å².